The first kappa shape index (κ1) is 17.8. The van der Waals surface area contributed by atoms with Crippen molar-refractivity contribution in [1.29, 1.82) is 0 Å². The molecular formula is C21H15F2N3O2. The van der Waals surface area contributed by atoms with Gasteiger partial charge in [-0.15, -0.1) is 0 Å². The highest BCUT2D eigenvalue weighted by molar-refractivity contribution is 5.93. The van der Waals surface area contributed by atoms with Crippen LogP contribution in [0.15, 0.2) is 67.0 Å². The van der Waals surface area contributed by atoms with Crippen molar-refractivity contribution in [2.24, 2.45) is 0 Å². The number of aromatic nitrogens is 2. The van der Waals surface area contributed by atoms with Crippen LogP contribution in [0.4, 0.5) is 8.78 Å². The van der Waals surface area contributed by atoms with Gasteiger partial charge in [-0.2, -0.15) is 0 Å². The van der Waals surface area contributed by atoms with Gasteiger partial charge < -0.3 is 4.57 Å². The molecule has 0 aliphatic heterocycles. The molecule has 0 atom stereocenters. The first-order valence-corrected chi connectivity index (χ1v) is 8.49. The molecule has 0 bridgehead atoms. The summed E-state index contributed by atoms with van der Waals surface area (Å²) in [4.78, 5) is 15.8. The Hall–Kier alpha value is -3.58. The molecule has 0 saturated heterocycles. The molecule has 1 amide bonds. The highest BCUT2D eigenvalue weighted by Crippen LogP contribution is 2.26. The SMILES string of the molecule is O=C(NO)c1ccc(Cn2ccc3cc(-c4ccc(F)cc4F)cnc32)cc1. The maximum absolute atomic E-state index is 14.0. The van der Waals surface area contributed by atoms with Gasteiger partial charge in [0.05, 0.1) is 0 Å². The van der Waals surface area contributed by atoms with Crippen molar-refractivity contribution in [2.75, 3.05) is 0 Å². The lowest BCUT2D eigenvalue weighted by Gasteiger charge is -2.07. The van der Waals surface area contributed by atoms with E-state index in [0.717, 1.165) is 22.7 Å². The lowest BCUT2D eigenvalue weighted by molar-refractivity contribution is 0.0706. The Morgan fingerprint density at radius 2 is 1.86 bits per heavy atom. The maximum atomic E-state index is 14.0. The van der Waals surface area contributed by atoms with E-state index in [1.165, 1.54) is 12.1 Å². The van der Waals surface area contributed by atoms with Crippen LogP contribution in [0.5, 0.6) is 0 Å². The van der Waals surface area contributed by atoms with E-state index in [0.29, 0.717) is 23.2 Å². The van der Waals surface area contributed by atoms with E-state index in [2.05, 4.69) is 4.98 Å². The number of carbonyl (C=O) groups excluding carboxylic acids is 1. The molecule has 140 valence electrons. The van der Waals surface area contributed by atoms with Gasteiger partial charge in [-0.1, -0.05) is 12.1 Å². The van der Waals surface area contributed by atoms with Crippen molar-refractivity contribution in [1.82, 2.24) is 15.0 Å². The Morgan fingerprint density at radius 1 is 1.07 bits per heavy atom. The van der Waals surface area contributed by atoms with Gasteiger partial charge in [0.2, 0.25) is 0 Å². The van der Waals surface area contributed by atoms with Crippen molar-refractivity contribution in [3.8, 4) is 11.1 Å². The van der Waals surface area contributed by atoms with Crippen LogP contribution in [-0.4, -0.2) is 20.7 Å². The highest BCUT2D eigenvalue weighted by Gasteiger charge is 2.10. The van der Waals surface area contributed by atoms with Crippen molar-refractivity contribution in [2.45, 2.75) is 6.54 Å². The predicted octanol–water partition coefficient (Wildman–Crippen LogP) is 4.15. The summed E-state index contributed by atoms with van der Waals surface area (Å²) in [6.07, 6.45) is 3.43. The fourth-order valence-electron chi connectivity index (χ4n) is 3.10. The van der Waals surface area contributed by atoms with Crippen molar-refractivity contribution in [3.63, 3.8) is 0 Å². The van der Waals surface area contributed by atoms with E-state index in [-0.39, 0.29) is 0 Å². The summed E-state index contributed by atoms with van der Waals surface area (Å²) in [6, 6.07) is 14.0. The quantitative estimate of drug-likeness (QED) is 0.414. The average Bonchev–Trinajstić information content (AvgIpc) is 3.10. The van der Waals surface area contributed by atoms with Gasteiger partial charge in [0.1, 0.15) is 17.3 Å². The van der Waals surface area contributed by atoms with Crippen molar-refractivity contribution < 1.29 is 18.8 Å². The molecule has 4 aromatic rings. The second kappa shape index (κ2) is 7.21. The molecule has 5 nitrogen and oxygen atoms in total. The van der Waals surface area contributed by atoms with Crippen molar-refractivity contribution in [3.05, 3.63) is 89.8 Å². The molecule has 7 heteroatoms. The number of pyridine rings is 1. The molecular weight excluding hydrogens is 364 g/mol. The third-order valence-corrected chi connectivity index (χ3v) is 4.51. The van der Waals surface area contributed by atoms with E-state index >= 15 is 0 Å². The Morgan fingerprint density at radius 3 is 2.57 bits per heavy atom. The topological polar surface area (TPSA) is 67.2 Å². The van der Waals surface area contributed by atoms with Crippen LogP contribution < -0.4 is 5.48 Å². The lowest BCUT2D eigenvalue weighted by atomic mass is 10.1. The molecule has 2 aromatic heterocycles. The summed E-state index contributed by atoms with van der Waals surface area (Å²) in [5, 5.41) is 9.50. The molecule has 0 spiro atoms. The molecule has 0 radical (unpaired) electrons. The summed E-state index contributed by atoms with van der Waals surface area (Å²) < 4.78 is 29.1. The van der Waals surface area contributed by atoms with Crippen LogP contribution >= 0.6 is 0 Å². The third-order valence-electron chi connectivity index (χ3n) is 4.51. The van der Waals surface area contributed by atoms with Gasteiger partial charge in [0.25, 0.3) is 5.91 Å². The molecule has 0 fully saturated rings. The second-order valence-electron chi connectivity index (χ2n) is 6.34. The Labute approximate surface area is 158 Å². The van der Waals surface area contributed by atoms with Gasteiger partial charge in [-0.3, -0.25) is 10.0 Å². The largest absolute Gasteiger partial charge is 0.328 e. The minimum atomic E-state index is -0.632. The first-order valence-electron chi connectivity index (χ1n) is 8.49. The molecule has 4 rings (SSSR count). The summed E-state index contributed by atoms with van der Waals surface area (Å²) >= 11 is 0. The van der Waals surface area contributed by atoms with Crippen LogP contribution in [0, 0.1) is 11.6 Å². The zero-order chi connectivity index (χ0) is 19.7. The Balaban J connectivity index is 1.62. The second-order valence-corrected chi connectivity index (χ2v) is 6.34. The standard InChI is InChI=1S/C21H15F2N3O2/c22-17-5-6-18(19(23)10-17)16-9-15-7-8-26(20(15)24-11-16)12-13-1-3-14(4-2-13)21(27)25-28/h1-11,28H,12H2,(H,25,27). The number of fused-ring (bicyclic) bond motifs is 1. The summed E-state index contributed by atoms with van der Waals surface area (Å²) in [6.45, 7) is 0.530. The molecule has 28 heavy (non-hydrogen) atoms. The minimum Gasteiger partial charge on any atom is -0.328 e. The van der Waals surface area contributed by atoms with Gasteiger partial charge in [-0.25, -0.2) is 19.2 Å². The van der Waals surface area contributed by atoms with Gasteiger partial charge in [0.15, 0.2) is 0 Å². The number of carbonyl (C=O) groups is 1. The molecule has 2 N–H and O–H groups in total. The lowest BCUT2D eigenvalue weighted by Crippen LogP contribution is -2.18. The third kappa shape index (κ3) is 3.35. The van der Waals surface area contributed by atoms with E-state index in [9.17, 15) is 13.6 Å². The van der Waals surface area contributed by atoms with E-state index in [1.807, 2.05) is 22.9 Å². The van der Waals surface area contributed by atoms with Crippen molar-refractivity contribution >= 4 is 16.9 Å². The molecule has 0 saturated carbocycles. The fourth-order valence-corrected chi connectivity index (χ4v) is 3.10. The predicted molar refractivity (Wildman–Crippen MR) is 99.9 cm³/mol. The van der Waals surface area contributed by atoms with E-state index in [4.69, 9.17) is 5.21 Å². The van der Waals surface area contributed by atoms with Crippen LogP contribution in [0.3, 0.4) is 0 Å². The summed E-state index contributed by atoms with van der Waals surface area (Å²) in [5.74, 6) is -1.82. The summed E-state index contributed by atoms with van der Waals surface area (Å²) in [7, 11) is 0. The van der Waals surface area contributed by atoms with Gasteiger partial charge in [0, 0.05) is 47.1 Å². The number of nitrogens with zero attached hydrogens (tertiary/aromatic N) is 2. The average molecular weight is 379 g/mol. The van der Waals surface area contributed by atoms with Crippen LogP contribution in [0.1, 0.15) is 15.9 Å². The van der Waals surface area contributed by atoms with Gasteiger partial charge >= 0.3 is 0 Å². The van der Waals surface area contributed by atoms with Crippen LogP contribution in [-0.2, 0) is 6.54 Å². The zero-order valence-electron chi connectivity index (χ0n) is 14.6. The number of hydrogen-bond acceptors (Lipinski definition) is 3. The number of halogens is 2. The fraction of sp³-hybridized carbons (Fsp3) is 0.0476. The van der Waals surface area contributed by atoms with E-state index < -0.39 is 17.5 Å². The Bertz CT molecular complexity index is 1170. The van der Waals surface area contributed by atoms with Crippen LogP contribution in [0.25, 0.3) is 22.2 Å². The van der Waals surface area contributed by atoms with E-state index in [1.54, 1.807) is 35.9 Å². The molecule has 0 aliphatic carbocycles. The highest BCUT2D eigenvalue weighted by atomic mass is 19.1. The maximum Gasteiger partial charge on any atom is 0.274 e. The number of hydroxylamine groups is 1. The number of benzene rings is 2. The molecule has 0 aliphatic rings. The Kier molecular flexibility index (Phi) is 4.58. The number of amides is 1. The normalized spacial score (nSPS) is 11.0. The van der Waals surface area contributed by atoms with Gasteiger partial charge in [-0.05, 0) is 42.0 Å². The number of rotatable bonds is 4. The minimum absolute atomic E-state index is 0.293. The first-order chi connectivity index (χ1) is 13.5. The zero-order valence-corrected chi connectivity index (χ0v) is 14.6. The number of hydrogen-bond donors (Lipinski definition) is 2. The monoisotopic (exact) mass is 379 g/mol. The van der Waals surface area contributed by atoms with Crippen LogP contribution in [0.2, 0.25) is 0 Å². The molecule has 2 aromatic carbocycles. The summed E-state index contributed by atoms with van der Waals surface area (Å²) in [5.41, 5.74) is 4.49. The molecule has 0 unspecified atom stereocenters. The molecule has 2 heterocycles. The smallest absolute Gasteiger partial charge is 0.274 e. The number of nitrogens with one attached hydrogen (secondary N) is 1.